The standard InChI is InChI=1S/C22H29N3OS/c1-16-4-7-19(8-5-16)21(15-25-10-12-26-13-11-25)24-22(27)23-20-9-6-17(2)18(3)14-20/h4-9,14,21H,10-13,15H2,1-3H3,(H2,23,24,27)/p+1/t21-/m0/s1. The normalized spacial score (nSPS) is 16.0. The molecule has 0 unspecified atom stereocenters. The molecule has 0 amide bonds. The third-order valence-electron chi connectivity index (χ3n) is 5.24. The van der Waals surface area contributed by atoms with Crippen LogP contribution in [0.2, 0.25) is 0 Å². The number of ether oxygens (including phenoxy) is 1. The van der Waals surface area contributed by atoms with Crippen LogP contribution < -0.4 is 15.5 Å². The molecule has 2 aromatic rings. The van der Waals surface area contributed by atoms with Gasteiger partial charge in [-0.2, -0.15) is 0 Å². The van der Waals surface area contributed by atoms with E-state index < -0.39 is 0 Å². The molecular formula is C22H30N3OS+. The van der Waals surface area contributed by atoms with Crippen LogP contribution in [0.5, 0.6) is 0 Å². The Labute approximate surface area is 167 Å². The van der Waals surface area contributed by atoms with Crippen molar-refractivity contribution in [3.05, 3.63) is 64.7 Å². The van der Waals surface area contributed by atoms with Gasteiger partial charge in [0.25, 0.3) is 0 Å². The summed E-state index contributed by atoms with van der Waals surface area (Å²) < 4.78 is 5.50. The molecular weight excluding hydrogens is 354 g/mol. The molecule has 3 rings (SSSR count). The summed E-state index contributed by atoms with van der Waals surface area (Å²) in [6, 6.07) is 15.2. The zero-order valence-electron chi connectivity index (χ0n) is 16.5. The highest BCUT2D eigenvalue weighted by Gasteiger charge is 2.22. The van der Waals surface area contributed by atoms with Crippen molar-refractivity contribution in [2.45, 2.75) is 26.8 Å². The minimum Gasteiger partial charge on any atom is -0.370 e. The Morgan fingerprint density at radius 2 is 1.74 bits per heavy atom. The number of quaternary nitrogens is 1. The zero-order valence-corrected chi connectivity index (χ0v) is 17.3. The topological polar surface area (TPSA) is 37.7 Å². The molecule has 27 heavy (non-hydrogen) atoms. The monoisotopic (exact) mass is 384 g/mol. The number of nitrogens with one attached hydrogen (secondary N) is 3. The van der Waals surface area contributed by atoms with Crippen molar-refractivity contribution in [2.24, 2.45) is 0 Å². The molecule has 0 saturated carbocycles. The Kier molecular flexibility index (Phi) is 6.83. The first kappa shape index (κ1) is 19.8. The van der Waals surface area contributed by atoms with Gasteiger partial charge in [-0.3, -0.25) is 0 Å². The van der Waals surface area contributed by atoms with E-state index in [1.54, 1.807) is 4.90 Å². The lowest BCUT2D eigenvalue weighted by Gasteiger charge is -2.29. The van der Waals surface area contributed by atoms with E-state index in [-0.39, 0.29) is 6.04 Å². The van der Waals surface area contributed by atoms with Gasteiger partial charge in [-0.25, -0.2) is 0 Å². The lowest BCUT2D eigenvalue weighted by atomic mass is 10.0. The first-order valence-electron chi connectivity index (χ1n) is 9.64. The van der Waals surface area contributed by atoms with E-state index in [2.05, 4.69) is 73.9 Å². The highest BCUT2D eigenvalue weighted by molar-refractivity contribution is 7.80. The van der Waals surface area contributed by atoms with Gasteiger partial charge in [0.1, 0.15) is 25.7 Å². The zero-order chi connectivity index (χ0) is 19.2. The van der Waals surface area contributed by atoms with Crippen molar-refractivity contribution >= 4 is 23.0 Å². The summed E-state index contributed by atoms with van der Waals surface area (Å²) in [5, 5.41) is 7.55. The van der Waals surface area contributed by atoms with E-state index in [9.17, 15) is 0 Å². The lowest BCUT2D eigenvalue weighted by molar-refractivity contribution is -0.909. The number of benzene rings is 2. The molecule has 1 fully saturated rings. The number of anilines is 1. The van der Waals surface area contributed by atoms with Gasteiger partial charge in [-0.15, -0.1) is 0 Å². The molecule has 1 aliphatic heterocycles. The van der Waals surface area contributed by atoms with Gasteiger partial charge in [0.15, 0.2) is 5.11 Å². The number of morpholine rings is 1. The highest BCUT2D eigenvalue weighted by Crippen LogP contribution is 2.16. The number of hydrogen-bond acceptors (Lipinski definition) is 2. The second kappa shape index (κ2) is 9.31. The molecule has 0 spiro atoms. The average molecular weight is 385 g/mol. The van der Waals surface area contributed by atoms with Crippen LogP contribution in [-0.4, -0.2) is 38.0 Å². The van der Waals surface area contributed by atoms with Crippen LogP contribution in [0.15, 0.2) is 42.5 Å². The second-order valence-corrected chi connectivity index (χ2v) is 7.84. The summed E-state index contributed by atoms with van der Waals surface area (Å²) in [6.45, 7) is 11.1. The Bertz CT molecular complexity index is 770. The minimum absolute atomic E-state index is 0.172. The SMILES string of the molecule is Cc1ccc([C@H](C[NH+]2CCOCC2)NC(=S)Nc2ccc(C)c(C)c2)cc1. The third kappa shape index (κ3) is 5.76. The predicted octanol–water partition coefficient (Wildman–Crippen LogP) is 2.55. The van der Waals surface area contributed by atoms with Crippen LogP contribution in [0.3, 0.4) is 0 Å². The van der Waals surface area contributed by atoms with Gasteiger partial charge < -0.3 is 20.3 Å². The molecule has 144 valence electrons. The molecule has 1 aliphatic rings. The van der Waals surface area contributed by atoms with Crippen molar-refractivity contribution in [3.8, 4) is 0 Å². The first-order chi connectivity index (χ1) is 13.0. The summed E-state index contributed by atoms with van der Waals surface area (Å²) in [5.74, 6) is 0. The van der Waals surface area contributed by atoms with Crippen LogP contribution in [0.25, 0.3) is 0 Å². The molecule has 0 bridgehead atoms. The van der Waals surface area contributed by atoms with Gasteiger partial charge in [0.2, 0.25) is 0 Å². The summed E-state index contributed by atoms with van der Waals surface area (Å²) in [5.41, 5.74) is 6.11. The maximum atomic E-state index is 5.63. The Balaban J connectivity index is 1.70. The number of rotatable bonds is 5. The van der Waals surface area contributed by atoms with Gasteiger partial charge in [-0.05, 0) is 61.8 Å². The predicted molar refractivity (Wildman–Crippen MR) is 116 cm³/mol. The largest absolute Gasteiger partial charge is 0.370 e. The van der Waals surface area contributed by atoms with E-state index in [4.69, 9.17) is 17.0 Å². The van der Waals surface area contributed by atoms with Crippen LogP contribution >= 0.6 is 12.2 Å². The number of thiocarbonyl (C=S) groups is 1. The van der Waals surface area contributed by atoms with Crippen LogP contribution in [0, 0.1) is 20.8 Å². The molecule has 2 aromatic carbocycles. The average Bonchev–Trinajstić information content (AvgIpc) is 2.66. The molecule has 5 heteroatoms. The van der Waals surface area contributed by atoms with Crippen molar-refractivity contribution in [1.29, 1.82) is 0 Å². The van der Waals surface area contributed by atoms with E-state index in [1.165, 1.54) is 22.3 Å². The van der Waals surface area contributed by atoms with E-state index in [0.717, 1.165) is 38.5 Å². The molecule has 3 N–H and O–H groups in total. The van der Waals surface area contributed by atoms with Gasteiger partial charge in [0, 0.05) is 5.69 Å². The smallest absolute Gasteiger partial charge is 0.171 e. The van der Waals surface area contributed by atoms with Crippen LogP contribution in [0.1, 0.15) is 28.3 Å². The minimum atomic E-state index is 0.172. The van der Waals surface area contributed by atoms with Crippen molar-refractivity contribution in [3.63, 3.8) is 0 Å². The summed E-state index contributed by atoms with van der Waals surface area (Å²) in [4.78, 5) is 1.55. The summed E-state index contributed by atoms with van der Waals surface area (Å²) >= 11 is 5.63. The quantitative estimate of drug-likeness (QED) is 0.693. The van der Waals surface area contributed by atoms with Crippen molar-refractivity contribution in [2.75, 3.05) is 38.2 Å². The Morgan fingerprint density at radius 3 is 2.41 bits per heavy atom. The lowest BCUT2D eigenvalue weighted by Crippen LogP contribution is -3.14. The summed E-state index contributed by atoms with van der Waals surface area (Å²) in [7, 11) is 0. The highest BCUT2D eigenvalue weighted by atomic mass is 32.1. The van der Waals surface area contributed by atoms with Crippen LogP contribution in [-0.2, 0) is 4.74 Å². The van der Waals surface area contributed by atoms with Crippen LogP contribution in [0.4, 0.5) is 5.69 Å². The molecule has 0 radical (unpaired) electrons. The molecule has 1 atom stereocenters. The maximum Gasteiger partial charge on any atom is 0.171 e. The fraction of sp³-hybridized carbons (Fsp3) is 0.409. The molecule has 1 heterocycles. The Hall–Kier alpha value is -1.95. The third-order valence-corrected chi connectivity index (χ3v) is 5.46. The Morgan fingerprint density at radius 1 is 1.04 bits per heavy atom. The van der Waals surface area contributed by atoms with Crippen molar-refractivity contribution < 1.29 is 9.64 Å². The number of aryl methyl sites for hydroxylation is 3. The maximum absolute atomic E-state index is 5.63. The molecule has 4 nitrogen and oxygen atoms in total. The molecule has 0 aromatic heterocycles. The number of hydrogen-bond donors (Lipinski definition) is 3. The summed E-state index contributed by atoms with van der Waals surface area (Å²) in [6.07, 6.45) is 0. The fourth-order valence-electron chi connectivity index (χ4n) is 3.35. The van der Waals surface area contributed by atoms with Gasteiger partial charge in [-0.1, -0.05) is 35.9 Å². The van der Waals surface area contributed by atoms with E-state index in [1.807, 2.05) is 0 Å². The van der Waals surface area contributed by atoms with E-state index in [0.29, 0.717) is 5.11 Å². The molecule has 0 aliphatic carbocycles. The van der Waals surface area contributed by atoms with Crippen molar-refractivity contribution in [1.82, 2.24) is 5.32 Å². The van der Waals surface area contributed by atoms with Gasteiger partial charge in [0.05, 0.1) is 13.2 Å². The van der Waals surface area contributed by atoms with Gasteiger partial charge >= 0.3 is 0 Å². The molecule has 1 saturated heterocycles. The second-order valence-electron chi connectivity index (χ2n) is 7.43. The van der Waals surface area contributed by atoms with E-state index >= 15 is 0 Å². The fourth-order valence-corrected chi connectivity index (χ4v) is 3.61. The first-order valence-corrected chi connectivity index (χ1v) is 10.0.